The van der Waals surface area contributed by atoms with E-state index in [0.29, 0.717) is 28.5 Å². The smallest absolute Gasteiger partial charge is 0.416 e. The third-order valence-electron chi connectivity index (χ3n) is 3.93. The van der Waals surface area contributed by atoms with E-state index in [1.165, 1.54) is 12.1 Å². The summed E-state index contributed by atoms with van der Waals surface area (Å²) in [4.78, 5) is 4.55. The Balaban J connectivity index is 1.68. The zero-order chi connectivity index (χ0) is 17.4. The number of alkyl halides is 3. The maximum Gasteiger partial charge on any atom is 0.416 e. The molecule has 1 aromatic heterocycles. The van der Waals surface area contributed by atoms with Crippen molar-refractivity contribution in [2.45, 2.75) is 6.18 Å². The van der Waals surface area contributed by atoms with Gasteiger partial charge in [0.1, 0.15) is 0 Å². The van der Waals surface area contributed by atoms with Crippen LogP contribution >= 0.6 is 0 Å². The fourth-order valence-corrected chi connectivity index (χ4v) is 2.64. The largest absolute Gasteiger partial charge is 0.454 e. The lowest BCUT2D eigenvalue weighted by Crippen LogP contribution is -2.04. The molecule has 3 aromatic rings. The van der Waals surface area contributed by atoms with E-state index < -0.39 is 11.7 Å². The lowest BCUT2D eigenvalue weighted by Gasteiger charge is -2.09. The number of nitrogens with zero attached hydrogens (tertiary/aromatic N) is 1. The molecule has 0 saturated carbocycles. The quantitative estimate of drug-likeness (QED) is 0.644. The summed E-state index contributed by atoms with van der Waals surface area (Å²) in [5.41, 5.74) is 2.09. The van der Waals surface area contributed by atoms with Crippen molar-refractivity contribution in [1.29, 1.82) is 0 Å². The van der Waals surface area contributed by atoms with Gasteiger partial charge in [0.15, 0.2) is 11.5 Å². The van der Waals surface area contributed by atoms with Crippen molar-refractivity contribution in [3.63, 3.8) is 0 Å². The Morgan fingerprint density at radius 3 is 2.12 bits per heavy atom. The first kappa shape index (κ1) is 15.5. The van der Waals surface area contributed by atoms with Crippen molar-refractivity contribution in [1.82, 2.24) is 4.98 Å². The predicted molar refractivity (Wildman–Crippen MR) is 86.2 cm³/mol. The average Bonchev–Trinajstić information content (AvgIpc) is 3.09. The number of pyridine rings is 1. The number of benzene rings is 2. The van der Waals surface area contributed by atoms with Crippen molar-refractivity contribution >= 4 is 0 Å². The molecule has 126 valence electrons. The molecule has 0 spiro atoms. The molecular weight excluding hydrogens is 331 g/mol. The van der Waals surface area contributed by atoms with Gasteiger partial charge in [0.25, 0.3) is 0 Å². The molecule has 0 bridgehead atoms. The molecule has 25 heavy (non-hydrogen) atoms. The van der Waals surface area contributed by atoms with Crippen LogP contribution in [0.2, 0.25) is 0 Å². The van der Waals surface area contributed by atoms with E-state index in [-0.39, 0.29) is 6.79 Å². The molecule has 0 saturated heterocycles. The fraction of sp³-hybridized carbons (Fsp3) is 0.105. The number of aromatic nitrogens is 1. The molecule has 0 aliphatic carbocycles. The van der Waals surface area contributed by atoms with E-state index in [4.69, 9.17) is 9.47 Å². The number of hydrogen-bond donors (Lipinski definition) is 0. The summed E-state index contributed by atoms with van der Waals surface area (Å²) in [6.07, 6.45) is -4.35. The van der Waals surface area contributed by atoms with Crippen LogP contribution in [0.5, 0.6) is 11.5 Å². The van der Waals surface area contributed by atoms with Crippen LogP contribution in [0.15, 0.2) is 60.7 Å². The maximum absolute atomic E-state index is 12.7. The van der Waals surface area contributed by atoms with Crippen LogP contribution in [0.4, 0.5) is 13.2 Å². The molecule has 4 rings (SSSR count). The van der Waals surface area contributed by atoms with Crippen LogP contribution < -0.4 is 9.47 Å². The Bertz CT molecular complexity index is 921. The van der Waals surface area contributed by atoms with Crippen molar-refractivity contribution in [3.8, 4) is 34.0 Å². The molecule has 6 heteroatoms. The SMILES string of the molecule is FC(F)(F)c1ccc(-c2cccc(-c3ccc4c(c3)OCO4)n2)cc1. The number of halogens is 3. The first-order valence-electron chi connectivity index (χ1n) is 7.55. The van der Waals surface area contributed by atoms with Crippen LogP contribution in [0.25, 0.3) is 22.5 Å². The second-order valence-corrected chi connectivity index (χ2v) is 5.55. The summed E-state index contributed by atoms with van der Waals surface area (Å²) in [5.74, 6) is 1.34. The fourth-order valence-electron chi connectivity index (χ4n) is 2.64. The minimum Gasteiger partial charge on any atom is -0.454 e. The van der Waals surface area contributed by atoms with Gasteiger partial charge in [-0.25, -0.2) is 4.98 Å². The van der Waals surface area contributed by atoms with Crippen molar-refractivity contribution in [2.24, 2.45) is 0 Å². The van der Waals surface area contributed by atoms with Crippen LogP contribution in [-0.4, -0.2) is 11.8 Å². The molecule has 0 amide bonds. The zero-order valence-electron chi connectivity index (χ0n) is 12.9. The highest BCUT2D eigenvalue weighted by molar-refractivity contribution is 5.68. The Labute approximate surface area is 141 Å². The first-order chi connectivity index (χ1) is 12.0. The molecule has 2 heterocycles. The van der Waals surface area contributed by atoms with Gasteiger partial charge in [-0.3, -0.25) is 0 Å². The first-order valence-corrected chi connectivity index (χ1v) is 7.55. The Kier molecular flexibility index (Phi) is 3.60. The van der Waals surface area contributed by atoms with Crippen molar-refractivity contribution in [2.75, 3.05) is 6.79 Å². The van der Waals surface area contributed by atoms with E-state index in [0.717, 1.165) is 17.7 Å². The average molecular weight is 343 g/mol. The summed E-state index contributed by atoms with van der Waals surface area (Å²) in [6.45, 7) is 0.192. The predicted octanol–water partition coefficient (Wildman–Crippen LogP) is 5.16. The van der Waals surface area contributed by atoms with E-state index in [2.05, 4.69) is 4.98 Å². The van der Waals surface area contributed by atoms with Gasteiger partial charge in [-0.1, -0.05) is 18.2 Å². The topological polar surface area (TPSA) is 31.4 Å². The van der Waals surface area contributed by atoms with Gasteiger partial charge in [-0.05, 0) is 42.5 Å². The van der Waals surface area contributed by atoms with Crippen LogP contribution in [0.1, 0.15) is 5.56 Å². The lowest BCUT2D eigenvalue weighted by molar-refractivity contribution is -0.137. The molecule has 0 unspecified atom stereocenters. The number of rotatable bonds is 2. The lowest BCUT2D eigenvalue weighted by atomic mass is 10.1. The highest BCUT2D eigenvalue weighted by Crippen LogP contribution is 2.36. The third kappa shape index (κ3) is 3.03. The monoisotopic (exact) mass is 343 g/mol. The van der Waals surface area contributed by atoms with E-state index in [1.807, 2.05) is 30.3 Å². The van der Waals surface area contributed by atoms with Crippen LogP contribution in [-0.2, 0) is 6.18 Å². The van der Waals surface area contributed by atoms with E-state index >= 15 is 0 Å². The molecular formula is C19H12F3NO2. The van der Waals surface area contributed by atoms with Gasteiger partial charge in [0.2, 0.25) is 6.79 Å². The molecule has 0 fully saturated rings. The van der Waals surface area contributed by atoms with Gasteiger partial charge in [0, 0.05) is 11.1 Å². The Morgan fingerprint density at radius 1 is 0.760 bits per heavy atom. The summed E-state index contributed by atoms with van der Waals surface area (Å²) in [7, 11) is 0. The summed E-state index contributed by atoms with van der Waals surface area (Å²) in [6, 6.07) is 15.9. The third-order valence-corrected chi connectivity index (χ3v) is 3.93. The summed E-state index contributed by atoms with van der Waals surface area (Å²) >= 11 is 0. The van der Waals surface area contributed by atoms with E-state index in [1.54, 1.807) is 6.07 Å². The highest BCUT2D eigenvalue weighted by atomic mass is 19.4. The summed E-state index contributed by atoms with van der Waals surface area (Å²) in [5, 5.41) is 0. The number of fused-ring (bicyclic) bond motifs is 1. The van der Waals surface area contributed by atoms with Gasteiger partial charge in [-0.2, -0.15) is 13.2 Å². The molecule has 1 aliphatic rings. The van der Waals surface area contributed by atoms with Gasteiger partial charge < -0.3 is 9.47 Å². The maximum atomic E-state index is 12.7. The molecule has 2 aromatic carbocycles. The van der Waals surface area contributed by atoms with Gasteiger partial charge in [-0.15, -0.1) is 0 Å². The number of ether oxygens (including phenoxy) is 2. The molecule has 0 radical (unpaired) electrons. The molecule has 3 nitrogen and oxygen atoms in total. The molecule has 0 atom stereocenters. The number of hydrogen-bond acceptors (Lipinski definition) is 3. The Hall–Kier alpha value is -3.02. The minimum atomic E-state index is -4.35. The second-order valence-electron chi connectivity index (χ2n) is 5.55. The standard InChI is InChI=1S/C19H12F3NO2/c20-19(21,22)14-7-4-12(5-8-14)15-2-1-3-16(23-15)13-6-9-17-18(10-13)25-11-24-17/h1-10H,11H2. The van der Waals surface area contributed by atoms with Crippen LogP contribution in [0, 0.1) is 0 Å². The second kappa shape index (κ2) is 5.81. The van der Waals surface area contributed by atoms with Gasteiger partial charge in [0.05, 0.1) is 17.0 Å². The van der Waals surface area contributed by atoms with Crippen molar-refractivity contribution in [3.05, 3.63) is 66.2 Å². The summed E-state index contributed by atoms with van der Waals surface area (Å²) < 4.78 is 48.7. The highest BCUT2D eigenvalue weighted by Gasteiger charge is 2.30. The van der Waals surface area contributed by atoms with Gasteiger partial charge >= 0.3 is 6.18 Å². The van der Waals surface area contributed by atoms with Crippen molar-refractivity contribution < 1.29 is 22.6 Å². The normalized spacial score (nSPS) is 13.1. The van der Waals surface area contributed by atoms with E-state index in [9.17, 15) is 13.2 Å². The molecule has 0 N–H and O–H groups in total. The Morgan fingerprint density at radius 2 is 1.40 bits per heavy atom. The minimum absolute atomic E-state index is 0.192. The zero-order valence-corrected chi connectivity index (χ0v) is 12.9. The molecule has 1 aliphatic heterocycles. The van der Waals surface area contributed by atoms with Crippen LogP contribution in [0.3, 0.4) is 0 Å².